The summed E-state index contributed by atoms with van der Waals surface area (Å²) in [6.07, 6.45) is 0. The minimum absolute atomic E-state index is 0.0150. The number of ether oxygens (including phenoxy) is 2. The van der Waals surface area contributed by atoms with Crippen molar-refractivity contribution in [3.63, 3.8) is 0 Å². The second-order valence-corrected chi connectivity index (χ2v) is 7.52. The van der Waals surface area contributed by atoms with Gasteiger partial charge in [-0.25, -0.2) is 0 Å². The van der Waals surface area contributed by atoms with E-state index in [9.17, 15) is 9.59 Å². The molecule has 1 amide bonds. The van der Waals surface area contributed by atoms with E-state index in [0.717, 1.165) is 17.3 Å². The number of methoxy groups -OCH3 is 1. The van der Waals surface area contributed by atoms with Crippen LogP contribution in [0.25, 0.3) is 11.5 Å². The van der Waals surface area contributed by atoms with Crippen LogP contribution in [0.4, 0.5) is 5.69 Å². The van der Waals surface area contributed by atoms with Gasteiger partial charge in [-0.1, -0.05) is 29.4 Å². The van der Waals surface area contributed by atoms with Crippen molar-refractivity contribution >= 4 is 40.9 Å². The van der Waals surface area contributed by atoms with Crippen molar-refractivity contribution in [1.29, 1.82) is 0 Å². The van der Waals surface area contributed by atoms with Gasteiger partial charge in [0.2, 0.25) is 11.8 Å². The number of amides is 1. The van der Waals surface area contributed by atoms with Crippen LogP contribution in [0.5, 0.6) is 5.75 Å². The van der Waals surface area contributed by atoms with Gasteiger partial charge in [0.1, 0.15) is 12.3 Å². The Bertz CT molecular complexity index is 1040. The molecule has 31 heavy (non-hydrogen) atoms. The third-order valence-corrected chi connectivity index (χ3v) is 5.13. The SMILES string of the molecule is CCOC(=O)CN(C(=O)CSc1nnc(-c2ccc(Cl)cc2)o1)c1cccc(OC)c1. The van der Waals surface area contributed by atoms with Gasteiger partial charge in [-0.2, -0.15) is 0 Å². The second kappa shape index (κ2) is 10.8. The number of hydrogen-bond donors (Lipinski definition) is 0. The summed E-state index contributed by atoms with van der Waals surface area (Å²) < 4.78 is 15.8. The molecule has 0 N–H and O–H groups in total. The molecular formula is C21H20ClN3O5S. The van der Waals surface area contributed by atoms with Gasteiger partial charge in [0.15, 0.2) is 0 Å². The van der Waals surface area contributed by atoms with E-state index in [0.29, 0.717) is 22.4 Å². The summed E-state index contributed by atoms with van der Waals surface area (Å²) >= 11 is 6.97. The Balaban J connectivity index is 1.71. The number of thioether (sulfide) groups is 1. The number of anilines is 1. The van der Waals surface area contributed by atoms with Crippen molar-refractivity contribution in [2.24, 2.45) is 0 Å². The zero-order valence-electron chi connectivity index (χ0n) is 16.9. The third-order valence-electron chi connectivity index (χ3n) is 4.08. The molecule has 1 heterocycles. The summed E-state index contributed by atoms with van der Waals surface area (Å²) in [5.74, 6) is 0.0435. The Hall–Kier alpha value is -3.04. The first-order valence-corrected chi connectivity index (χ1v) is 10.7. The summed E-state index contributed by atoms with van der Waals surface area (Å²) in [5.41, 5.74) is 1.24. The molecule has 2 aromatic carbocycles. The van der Waals surface area contributed by atoms with Crippen molar-refractivity contribution in [2.75, 3.05) is 30.9 Å². The Morgan fingerprint density at radius 3 is 2.65 bits per heavy atom. The van der Waals surface area contributed by atoms with Gasteiger partial charge in [0, 0.05) is 22.3 Å². The normalized spacial score (nSPS) is 10.5. The zero-order valence-corrected chi connectivity index (χ0v) is 18.5. The van der Waals surface area contributed by atoms with E-state index in [1.54, 1.807) is 55.5 Å². The van der Waals surface area contributed by atoms with Crippen LogP contribution in [0.2, 0.25) is 5.02 Å². The molecule has 0 aliphatic heterocycles. The van der Waals surface area contributed by atoms with Crippen LogP contribution in [0, 0.1) is 0 Å². The van der Waals surface area contributed by atoms with Crippen LogP contribution in [0.3, 0.4) is 0 Å². The highest BCUT2D eigenvalue weighted by Gasteiger charge is 2.22. The summed E-state index contributed by atoms with van der Waals surface area (Å²) in [7, 11) is 1.53. The van der Waals surface area contributed by atoms with Gasteiger partial charge in [-0.05, 0) is 43.3 Å². The molecule has 10 heteroatoms. The van der Waals surface area contributed by atoms with E-state index in [1.807, 2.05) is 0 Å². The zero-order chi connectivity index (χ0) is 22.2. The minimum atomic E-state index is -0.508. The van der Waals surface area contributed by atoms with Crippen LogP contribution in [-0.2, 0) is 14.3 Å². The lowest BCUT2D eigenvalue weighted by Crippen LogP contribution is -2.37. The molecule has 1 aromatic heterocycles. The minimum Gasteiger partial charge on any atom is -0.497 e. The van der Waals surface area contributed by atoms with Crippen molar-refractivity contribution in [2.45, 2.75) is 12.1 Å². The molecule has 0 radical (unpaired) electrons. The van der Waals surface area contributed by atoms with E-state index in [-0.39, 0.29) is 30.0 Å². The van der Waals surface area contributed by atoms with E-state index >= 15 is 0 Å². The number of nitrogens with zero attached hydrogens (tertiary/aromatic N) is 3. The maximum Gasteiger partial charge on any atom is 0.326 e. The van der Waals surface area contributed by atoms with Crippen LogP contribution < -0.4 is 9.64 Å². The highest BCUT2D eigenvalue weighted by Crippen LogP contribution is 2.26. The largest absolute Gasteiger partial charge is 0.497 e. The quantitative estimate of drug-likeness (QED) is 0.347. The van der Waals surface area contributed by atoms with E-state index in [1.165, 1.54) is 12.0 Å². The predicted molar refractivity (Wildman–Crippen MR) is 117 cm³/mol. The molecule has 0 fully saturated rings. The van der Waals surface area contributed by atoms with Gasteiger partial charge in [0.25, 0.3) is 5.22 Å². The first kappa shape index (κ1) is 22.6. The number of halogens is 1. The van der Waals surface area contributed by atoms with E-state index < -0.39 is 5.97 Å². The van der Waals surface area contributed by atoms with Crippen molar-refractivity contribution in [3.8, 4) is 17.2 Å². The highest BCUT2D eigenvalue weighted by molar-refractivity contribution is 7.99. The van der Waals surface area contributed by atoms with Crippen molar-refractivity contribution in [1.82, 2.24) is 10.2 Å². The molecule has 0 bridgehead atoms. The summed E-state index contributed by atoms with van der Waals surface area (Å²) in [6.45, 7) is 1.71. The van der Waals surface area contributed by atoms with Crippen LogP contribution in [0.1, 0.15) is 6.92 Å². The smallest absolute Gasteiger partial charge is 0.326 e. The lowest BCUT2D eigenvalue weighted by Gasteiger charge is -2.22. The molecule has 8 nitrogen and oxygen atoms in total. The monoisotopic (exact) mass is 461 g/mol. The number of carbonyl (C=O) groups excluding carboxylic acids is 2. The molecule has 0 atom stereocenters. The van der Waals surface area contributed by atoms with Crippen LogP contribution >= 0.6 is 23.4 Å². The molecule has 0 saturated heterocycles. The number of aromatic nitrogens is 2. The number of rotatable bonds is 9. The standard InChI is InChI=1S/C21H20ClN3O5S/c1-3-29-19(27)12-25(16-5-4-6-17(11-16)28-2)18(26)13-31-21-24-23-20(30-21)14-7-9-15(22)10-8-14/h4-11H,3,12-13H2,1-2H3. The number of carbonyl (C=O) groups is 2. The second-order valence-electron chi connectivity index (χ2n) is 6.16. The Morgan fingerprint density at radius 2 is 1.94 bits per heavy atom. The first-order valence-electron chi connectivity index (χ1n) is 9.32. The molecular weight excluding hydrogens is 442 g/mol. The summed E-state index contributed by atoms with van der Waals surface area (Å²) in [4.78, 5) is 26.3. The Kier molecular flexibility index (Phi) is 7.91. The number of hydrogen-bond acceptors (Lipinski definition) is 8. The topological polar surface area (TPSA) is 94.8 Å². The highest BCUT2D eigenvalue weighted by atomic mass is 35.5. The van der Waals surface area contributed by atoms with Gasteiger partial charge >= 0.3 is 5.97 Å². The Morgan fingerprint density at radius 1 is 1.16 bits per heavy atom. The molecule has 0 saturated carbocycles. The number of benzene rings is 2. The first-order chi connectivity index (χ1) is 15.0. The van der Waals surface area contributed by atoms with Gasteiger partial charge in [-0.3, -0.25) is 9.59 Å². The molecule has 0 unspecified atom stereocenters. The lowest BCUT2D eigenvalue weighted by molar-refractivity contribution is -0.142. The molecule has 3 rings (SSSR count). The summed E-state index contributed by atoms with van der Waals surface area (Å²) in [6, 6.07) is 13.9. The maximum atomic E-state index is 12.9. The summed E-state index contributed by atoms with van der Waals surface area (Å²) in [5, 5.41) is 8.80. The van der Waals surface area contributed by atoms with Crippen LogP contribution in [-0.4, -0.2) is 48.1 Å². The molecule has 0 aliphatic rings. The lowest BCUT2D eigenvalue weighted by atomic mass is 10.2. The Labute approximate surface area is 188 Å². The average Bonchev–Trinajstić information content (AvgIpc) is 3.25. The molecule has 3 aromatic rings. The van der Waals surface area contributed by atoms with Crippen LogP contribution in [0.15, 0.2) is 58.2 Å². The van der Waals surface area contributed by atoms with Crippen molar-refractivity contribution < 1.29 is 23.5 Å². The van der Waals surface area contributed by atoms with Gasteiger partial charge < -0.3 is 18.8 Å². The van der Waals surface area contributed by atoms with Gasteiger partial charge in [0.05, 0.1) is 19.5 Å². The molecule has 162 valence electrons. The fourth-order valence-electron chi connectivity index (χ4n) is 2.62. The predicted octanol–water partition coefficient (Wildman–Crippen LogP) is 4.09. The maximum absolute atomic E-state index is 12.9. The number of esters is 1. The van der Waals surface area contributed by atoms with E-state index in [4.69, 9.17) is 25.5 Å². The van der Waals surface area contributed by atoms with Crippen molar-refractivity contribution in [3.05, 3.63) is 53.6 Å². The van der Waals surface area contributed by atoms with Gasteiger partial charge in [-0.15, -0.1) is 10.2 Å². The average molecular weight is 462 g/mol. The fraction of sp³-hybridized carbons (Fsp3) is 0.238. The third kappa shape index (κ3) is 6.22. The van der Waals surface area contributed by atoms with E-state index in [2.05, 4.69) is 10.2 Å². The molecule has 0 spiro atoms. The fourth-order valence-corrected chi connectivity index (χ4v) is 3.38. The molecule has 0 aliphatic carbocycles.